The molecular weight excluding hydrogens is 290 g/mol. The summed E-state index contributed by atoms with van der Waals surface area (Å²) in [5.74, 6) is -0.711. The number of imidazole rings is 1. The van der Waals surface area contributed by atoms with Crippen molar-refractivity contribution >= 4 is 28.3 Å². The van der Waals surface area contributed by atoms with E-state index in [1.807, 2.05) is 0 Å². The van der Waals surface area contributed by atoms with Gasteiger partial charge in [0.05, 0.1) is 29.8 Å². The fraction of sp³-hybridized carbons (Fsp3) is 0.0714. The molecule has 0 aliphatic heterocycles. The predicted molar refractivity (Wildman–Crippen MR) is 76.7 cm³/mol. The molecule has 3 aromatic rings. The molecule has 0 spiro atoms. The highest BCUT2D eigenvalue weighted by Crippen LogP contribution is 2.33. The average Bonchev–Trinajstić information content (AvgIpc) is 3.08. The molecule has 6 nitrogen and oxygen atoms in total. The molecule has 0 aliphatic carbocycles. The van der Waals surface area contributed by atoms with E-state index in [0.717, 1.165) is 16.9 Å². The van der Waals surface area contributed by atoms with Gasteiger partial charge in [-0.15, -0.1) is 11.3 Å². The number of carbonyl (C=O) groups is 1. The predicted octanol–water partition coefficient (Wildman–Crippen LogP) is 2.45. The number of methoxy groups -OCH3 is 1. The zero-order chi connectivity index (χ0) is 15.0. The van der Waals surface area contributed by atoms with Crippen molar-refractivity contribution in [2.45, 2.75) is 0 Å². The zero-order valence-electron chi connectivity index (χ0n) is 10.9. The molecule has 2 heterocycles. The molecule has 7 heteroatoms. The topological polar surface area (TPSA) is 88.1 Å². The van der Waals surface area contributed by atoms with Crippen LogP contribution in [0.5, 0.6) is 5.75 Å². The number of aromatic hydroxyl groups is 1. The Balaban J connectivity index is 2.13. The molecule has 21 heavy (non-hydrogen) atoms. The first-order valence-corrected chi connectivity index (χ1v) is 6.74. The fourth-order valence-electron chi connectivity index (χ4n) is 1.98. The van der Waals surface area contributed by atoms with Crippen LogP contribution in [-0.4, -0.2) is 27.7 Å². The van der Waals surface area contributed by atoms with Crippen molar-refractivity contribution < 1.29 is 14.6 Å². The van der Waals surface area contributed by atoms with Crippen LogP contribution in [-0.2, 0) is 4.74 Å². The van der Waals surface area contributed by atoms with Gasteiger partial charge in [0.25, 0.3) is 0 Å². The van der Waals surface area contributed by atoms with Gasteiger partial charge in [-0.25, -0.2) is 9.78 Å². The highest BCUT2D eigenvalue weighted by Gasteiger charge is 2.18. The van der Waals surface area contributed by atoms with Crippen LogP contribution >= 0.6 is 11.3 Å². The Kier molecular flexibility index (Phi) is 3.08. The third kappa shape index (κ3) is 2.11. The lowest BCUT2D eigenvalue weighted by atomic mass is 10.2. The van der Waals surface area contributed by atoms with Crippen molar-refractivity contribution in [2.24, 2.45) is 0 Å². The van der Waals surface area contributed by atoms with E-state index < -0.39 is 5.97 Å². The van der Waals surface area contributed by atoms with E-state index in [2.05, 4.69) is 15.8 Å². The molecule has 0 saturated carbocycles. The van der Waals surface area contributed by atoms with Crippen LogP contribution < -0.4 is 0 Å². The van der Waals surface area contributed by atoms with Crippen LogP contribution in [0, 0.1) is 11.3 Å². The van der Waals surface area contributed by atoms with Crippen LogP contribution in [0.25, 0.3) is 16.0 Å². The maximum Gasteiger partial charge on any atom is 0.351 e. The van der Waals surface area contributed by atoms with Crippen molar-refractivity contribution in [3.63, 3.8) is 0 Å². The highest BCUT2D eigenvalue weighted by molar-refractivity contribution is 7.16. The Morgan fingerprint density at radius 3 is 3.00 bits per heavy atom. The summed E-state index contributed by atoms with van der Waals surface area (Å²) in [6.07, 6.45) is 1.58. The van der Waals surface area contributed by atoms with Gasteiger partial charge in [-0.1, -0.05) is 0 Å². The quantitative estimate of drug-likeness (QED) is 0.734. The van der Waals surface area contributed by atoms with Crippen LogP contribution in [0.3, 0.4) is 0 Å². The van der Waals surface area contributed by atoms with Crippen molar-refractivity contribution in [2.75, 3.05) is 7.11 Å². The van der Waals surface area contributed by atoms with Crippen LogP contribution in [0.1, 0.15) is 15.2 Å². The number of benzene rings is 1. The van der Waals surface area contributed by atoms with Crippen molar-refractivity contribution in [1.29, 1.82) is 5.26 Å². The van der Waals surface area contributed by atoms with Gasteiger partial charge in [0.15, 0.2) is 4.88 Å². The Labute approximate surface area is 123 Å². The van der Waals surface area contributed by atoms with Gasteiger partial charge in [-0.05, 0) is 18.2 Å². The fourth-order valence-corrected chi connectivity index (χ4v) is 2.94. The first kappa shape index (κ1) is 13.1. The van der Waals surface area contributed by atoms with E-state index in [9.17, 15) is 9.90 Å². The molecule has 0 amide bonds. The second kappa shape index (κ2) is 4.92. The highest BCUT2D eigenvalue weighted by atomic mass is 32.1. The third-order valence-electron chi connectivity index (χ3n) is 2.98. The van der Waals surface area contributed by atoms with Crippen molar-refractivity contribution in [3.8, 4) is 16.8 Å². The number of hydrogen-bond acceptors (Lipinski definition) is 6. The monoisotopic (exact) mass is 299 g/mol. The summed E-state index contributed by atoms with van der Waals surface area (Å²) in [7, 11) is 1.26. The summed E-state index contributed by atoms with van der Waals surface area (Å²) in [5, 5.41) is 19.3. The van der Waals surface area contributed by atoms with E-state index >= 15 is 0 Å². The van der Waals surface area contributed by atoms with Gasteiger partial charge in [-0.3, -0.25) is 4.57 Å². The maximum absolute atomic E-state index is 11.5. The molecule has 1 aromatic carbocycles. The van der Waals surface area contributed by atoms with E-state index in [1.165, 1.54) is 13.2 Å². The molecule has 3 rings (SSSR count). The number of nitriles is 1. The average molecular weight is 299 g/mol. The smallest absolute Gasteiger partial charge is 0.351 e. The summed E-state index contributed by atoms with van der Waals surface area (Å²) in [6.45, 7) is 0. The molecule has 0 atom stereocenters. The molecule has 0 radical (unpaired) electrons. The van der Waals surface area contributed by atoms with Gasteiger partial charge < -0.3 is 9.84 Å². The standard InChI is InChI=1S/C14H9N3O3S/c1-20-14(19)13-11(18)5-12(21-13)17-7-16-9-4-8(6-15)2-3-10(9)17/h2-5,7,18H,1H3. The SMILES string of the molecule is COC(=O)c1sc(-n2cnc3cc(C#N)ccc32)cc1O. The number of thiophene rings is 1. The zero-order valence-corrected chi connectivity index (χ0v) is 11.7. The normalized spacial score (nSPS) is 10.5. The number of ether oxygens (including phenoxy) is 1. The van der Waals surface area contributed by atoms with Gasteiger partial charge in [-0.2, -0.15) is 5.26 Å². The third-order valence-corrected chi connectivity index (χ3v) is 4.09. The van der Waals surface area contributed by atoms with Crippen molar-refractivity contribution in [1.82, 2.24) is 9.55 Å². The van der Waals surface area contributed by atoms with Crippen molar-refractivity contribution in [3.05, 3.63) is 41.0 Å². The molecule has 0 aliphatic rings. The molecule has 0 unspecified atom stereocenters. The Morgan fingerprint density at radius 2 is 2.29 bits per heavy atom. The van der Waals surface area contributed by atoms with E-state index in [4.69, 9.17) is 5.26 Å². The number of nitrogens with zero attached hydrogens (tertiary/aromatic N) is 3. The van der Waals surface area contributed by atoms with E-state index in [1.54, 1.807) is 29.1 Å². The molecule has 1 N–H and O–H groups in total. The minimum atomic E-state index is -0.583. The lowest BCUT2D eigenvalue weighted by molar-refractivity contribution is 0.0603. The first-order valence-electron chi connectivity index (χ1n) is 5.92. The summed E-state index contributed by atoms with van der Waals surface area (Å²) < 4.78 is 6.36. The number of aromatic nitrogens is 2. The Hall–Kier alpha value is -2.85. The minimum Gasteiger partial charge on any atom is -0.506 e. The summed E-state index contributed by atoms with van der Waals surface area (Å²) in [4.78, 5) is 15.9. The molecule has 0 bridgehead atoms. The Bertz CT molecular complexity index is 889. The van der Waals surface area contributed by atoms with Gasteiger partial charge in [0.2, 0.25) is 0 Å². The van der Waals surface area contributed by atoms with Crippen LogP contribution in [0.4, 0.5) is 0 Å². The molecule has 2 aromatic heterocycles. The summed E-state index contributed by atoms with van der Waals surface area (Å²) in [5.41, 5.74) is 1.98. The number of hydrogen-bond donors (Lipinski definition) is 1. The molecule has 0 saturated heterocycles. The van der Waals surface area contributed by atoms with Crippen LogP contribution in [0.2, 0.25) is 0 Å². The number of rotatable bonds is 2. The largest absolute Gasteiger partial charge is 0.506 e. The number of carbonyl (C=O) groups excluding carboxylic acids is 1. The lowest BCUT2D eigenvalue weighted by Crippen LogP contribution is -1.97. The summed E-state index contributed by atoms with van der Waals surface area (Å²) in [6, 6.07) is 8.68. The minimum absolute atomic E-state index is 0.127. The van der Waals surface area contributed by atoms with Crippen LogP contribution in [0.15, 0.2) is 30.6 Å². The lowest BCUT2D eigenvalue weighted by Gasteiger charge is -1.99. The number of esters is 1. The maximum atomic E-state index is 11.5. The molecular formula is C14H9N3O3S. The first-order chi connectivity index (χ1) is 10.1. The molecule has 0 fully saturated rings. The van der Waals surface area contributed by atoms with Gasteiger partial charge in [0.1, 0.15) is 17.1 Å². The van der Waals surface area contributed by atoms with E-state index in [-0.39, 0.29) is 10.6 Å². The number of fused-ring (bicyclic) bond motifs is 1. The van der Waals surface area contributed by atoms with Gasteiger partial charge >= 0.3 is 5.97 Å². The Morgan fingerprint density at radius 1 is 1.48 bits per heavy atom. The second-order valence-corrected chi connectivity index (χ2v) is 5.25. The summed E-state index contributed by atoms with van der Waals surface area (Å²) >= 11 is 1.11. The van der Waals surface area contributed by atoms with Gasteiger partial charge in [0, 0.05) is 6.07 Å². The van der Waals surface area contributed by atoms with E-state index in [0.29, 0.717) is 16.1 Å². The second-order valence-electron chi connectivity index (χ2n) is 4.22. The molecule has 104 valence electrons.